The lowest BCUT2D eigenvalue weighted by atomic mass is 9.91. The predicted octanol–water partition coefficient (Wildman–Crippen LogP) is 7.07. The zero-order chi connectivity index (χ0) is 14.2. The fourth-order valence-electron chi connectivity index (χ4n) is 2.73. The van der Waals surface area contributed by atoms with Crippen molar-refractivity contribution >= 4 is 0 Å². The van der Waals surface area contributed by atoms with E-state index in [-0.39, 0.29) is 0 Å². The fraction of sp³-hybridized carbons (Fsp3) is 0.789. The van der Waals surface area contributed by atoms with Crippen LogP contribution in [0.2, 0.25) is 0 Å². The Labute approximate surface area is 122 Å². The van der Waals surface area contributed by atoms with Crippen LogP contribution in [0.25, 0.3) is 0 Å². The van der Waals surface area contributed by atoms with Gasteiger partial charge in [0.15, 0.2) is 0 Å². The standard InChI is InChI=1S/C19H36/c1-4-7-9-11-12-13-15-18-19(16-6-3)17-14-10-8-5-2/h4,6,19H,1,3,5,7-18H2,2H3. The van der Waals surface area contributed by atoms with Crippen LogP contribution in [0.5, 0.6) is 0 Å². The minimum atomic E-state index is 0.905. The van der Waals surface area contributed by atoms with Crippen molar-refractivity contribution in [2.75, 3.05) is 0 Å². The molecule has 0 amide bonds. The number of unbranched alkanes of at least 4 members (excludes halogenated alkanes) is 8. The second-order valence-electron chi connectivity index (χ2n) is 5.87. The summed E-state index contributed by atoms with van der Waals surface area (Å²) in [5.74, 6) is 0.905. The van der Waals surface area contributed by atoms with Gasteiger partial charge in [-0.25, -0.2) is 0 Å². The second kappa shape index (κ2) is 15.5. The smallest absolute Gasteiger partial charge is 0.0325 e. The van der Waals surface area contributed by atoms with Crippen molar-refractivity contribution in [3.8, 4) is 0 Å². The number of allylic oxidation sites excluding steroid dienone is 2. The Morgan fingerprint density at radius 1 is 0.737 bits per heavy atom. The van der Waals surface area contributed by atoms with Crippen molar-refractivity contribution in [3.63, 3.8) is 0 Å². The normalized spacial score (nSPS) is 12.3. The zero-order valence-corrected chi connectivity index (χ0v) is 13.3. The van der Waals surface area contributed by atoms with Gasteiger partial charge in [0.2, 0.25) is 0 Å². The molecule has 0 radical (unpaired) electrons. The average Bonchev–Trinajstić information content (AvgIpc) is 2.42. The van der Waals surface area contributed by atoms with Gasteiger partial charge in [0, 0.05) is 0 Å². The molecule has 1 unspecified atom stereocenters. The molecule has 19 heavy (non-hydrogen) atoms. The molecule has 0 saturated heterocycles. The van der Waals surface area contributed by atoms with Crippen LogP contribution in [0.1, 0.15) is 90.4 Å². The Bertz CT molecular complexity index is 192. The van der Waals surface area contributed by atoms with E-state index in [1.807, 2.05) is 6.08 Å². The van der Waals surface area contributed by atoms with Gasteiger partial charge in [-0.2, -0.15) is 0 Å². The molecule has 0 aromatic carbocycles. The first-order valence-corrected chi connectivity index (χ1v) is 8.56. The van der Waals surface area contributed by atoms with Crippen molar-refractivity contribution in [2.45, 2.75) is 90.4 Å². The molecule has 0 aliphatic rings. The molecule has 0 heteroatoms. The van der Waals surface area contributed by atoms with Crippen LogP contribution in [0.15, 0.2) is 25.3 Å². The average molecular weight is 264 g/mol. The van der Waals surface area contributed by atoms with E-state index >= 15 is 0 Å². The molecule has 0 N–H and O–H groups in total. The van der Waals surface area contributed by atoms with E-state index in [0.717, 1.165) is 5.92 Å². The van der Waals surface area contributed by atoms with E-state index in [2.05, 4.69) is 26.2 Å². The van der Waals surface area contributed by atoms with Crippen LogP contribution in [-0.2, 0) is 0 Å². The summed E-state index contributed by atoms with van der Waals surface area (Å²) in [6.07, 6.45) is 22.0. The zero-order valence-electron chi connectivity index (χ0n) is 13.3. The summed E-state index contributed by atoms with van der Waals surface area (Å²) in [6, 6.07) is 0. The van der Waals surface area contributed by atoms with Gasteiger partial charge in [-0.3, -0.25) is 0 Å². The number of hydrogen-bond donors (Lipinski definition) is 0. The third-order valence-electron chi connectivity index (χ3n) is 3.99. The maximum absolute atomic E-state index is 3.91. The molecule has 1 atom stereocenters. The lowest BCUT2D eigenvalue weighted by molar-refractivity contribution is 0.408. The highest BCUT2D eigenvalue weighted by Gasteiger charge is 2.06. The Morgan fingerprint density at radius 2 is 1.32 bits per heavy atom. The fourth-order valence-corrected chi connectivity index (χ4v) is 2.73. The highest BCUT2D eigenvalue weighted by Crippen LogP contribution is 2.21. The van der Waals surface area contributed by atoms with Crippen molar-refractivity contribution in [1.29, 1.82) is 0 Å². The van der Waals surface area contributed by atoms with Gasteiger partial charge in [0.1, 0.15) is 0 Å². The van der Waals surface area contributed by atoms with Gasteiger partial charge in [-0.15, -0.1) is 13.2 Å². The summed E-state index contributed by atoms with van der Waals surface area (Å²) in [6.45, 7) is 9.97. The van der Waals surface area contributed by atoms with Crippen LogP contribution in [0, 0.1) is 5.92 Å². The molecular formula is C19H36. The molecule has 0 saturated carbocycles. The van der Waals surface area contributed by atoms with E-state index in [4.69, 9.17) is 0 Å². The highest BCUT2D eigenvalue weighted by molar-refractivity contribution is 4.73. The minimum absolute atomic E-state index is 0.905. The van der Waals surface area contributed by atoms with Crippen LogP contribution in [0.4, 0.5) is 0 Å². The van der Waals surface area contributed by atoms with Crippen LogP contribution in [0.3, 0.4) is 0 Å². The molecule has 0 aliphatic heterocycles. The highest BCUT2D eigenvalue weighted by atomic mass is 14.1. The quantitative estimate of drug-likeness (QED) is 0.219. The lowest BCUT2D eigenvalue weighted by Gasteiger charge is -2.14. The first-order chi connectivity index (χ1) is 9.35. The second-order valence-corrected chi connectivity index (χ2v) is 5.87. The summed E-state index contributed by atoms with van der Waals surface area (Å²) in [4.78, 5) is 0. The molecule has 0 nitrogen and oxygen atoms in total. The van der Waals surface area contributed by atoms with Crippen LogP contribution in [-0.4, -0.2) is 0 Å². The molecule has 0 aromatic heterocycles. The topological polar surface area (TPSA) is 0 Å². The molecule has 112 valence electrons. The number of rotatable bonds is 15. The first kappa shape index (κ1) is 18.5. The van der Waals surface area contributed by atoms with Crippen LogP contribution >= 0.6 is 0 Å². The molecule has 0 aliphatic carbocycles. The Balaban J connectivity index is 3.47. The summed E-state index contributed by atoms with van der Waals surface area (Å²) < 4.78 is 0. The minimum Gasteiger partial charge on any atom is -0.103 e. The molecule has 0 fully saturated rings. The van der Waals surface area contributed by atoms with Crippen LogP contribution < -0.4 is 0 Å². The van der Waals surface area contributed by atoms with E-state index in [0.29, 0.717) is 0 Å². The van der Waals surface area contributed by atoms with Crippen molar-refractivity contribution in [1.82, 2.24) is 0 Å². The van der Waals surface area contributed by atoms with Gasteiger partial charge < -0.3 is 0 Å². The van der Waals surface area contributed by atoms with Crippen molar-refractivity contribution < 1.29 is 0 Å². The van der Waals surface area contributed by atoms with Gasteiger partial charge in [-0.05, 0) is 25.2 Å². The molecule has 0 spiro atoms. The van der Waals surface area contributed by atoms with E-state index < -0.39 is 0 Å². The molecule has 0 heterocycles. The van der Waals surface area contributed by atoms with E-state index in [1.54, 1.807) is 0 Å². The van der Waals surface area contributed by atoms with E-state index in [9.17, 15) is 0 Å². The molecule has 0 aromatic rings. The maximum atomic E-state index is 3.91. The van der Waals surface area contributed by atoms with Crippen molar-refractivity contribution in [2.24, 2.45) is 5.92 Å². The third-order valence-corrected chi connectivity index (χ3v) is 3.99. The first-order valence-electron chi connectivity index (χ1n) is 8.56. The van der Waals surface area contributed by atoms with E-state index in [1.165, 1.54) is 83.5 Å². The Hall–Kier alpha value is -0.520. The van der Waals surface area contributed by atoms with Gasteiger partial charge in [0.05, 0.1) is 0 Å². The summed E-state index contributed by atoms with van der Waals surface area (Å²) in [7, 11) is 0. The molecular weight excluding hydrogens is 228 g/mol. The molecule has 0 rings (SSSR count). The summed E-state index contributed by atoms with van der Waals surface area (Å²) in [5, 5.41) is 0. The summed E-state index contributed by atoms with van der Waals surface area (Å²) in [5.41, 5.74) is 0. The predicted molar refractivity (Wildman–Crippen MR) is 89.6 cm³/mol. The lowest BCUT2D eigenvalue weighted by Crippen LogP contribution is -1.99. The third kappa shape index (κ3) is 13.7. The van der Waals surface area contributed by atoms with Gasteiger partial charge >= 0.3 is 0 Å². The van der Waals surface area contributed by atoms with Crippen molar-refractivity contribution in [3.05, 3.63) is 25.3 Å². The monoisotopic (exact) mass is 264 g/mol. The SMILES string of the molecule is C=CCCCCCCCC(CC=C)CCCCCC. The Kier molecular flexibility index (Phi) is 15.1. The number of hydrogen-bond acceptors (Lipinski definition) is 0. The van der Waals surface area contributed by atoms with Gasteiger partial charge in [-0.1, -0.05) is 83.3 Å². The Morgan fingerprint density at radius 3 is 1.89 bits per heavy atom. The van der Waals surface area contributed by atoms with Gasteiger partial charge in [0.25, 0.3) is 0 Å². The largest absolute Gasteiger partial charge is 0.103 e. The molecule has 0 bridgehead atoms. The maximum Gasteiger partial charge on any atom is -0.0325 e. The summed E-state index contributed by atoms with van der Waals surface area (Å²) >= 11 is 0.